The number of Topliss-reactive ketones (excluding diaryl/α,β-unsaturated/α-hetero) is 1. The third kappa shape index (κ3) is 2.86. The van der Waals surface area contributed by atoms with E-state index in [1.165, 1.54) is 12.5 Å². The van der Waals surface area contributed by atoms with Gasteiger partial charge in [-0.1, -0.05) is 18.2 Å². The smallest absolute Gasteiger partial charge is 0.308 e. The molecule has 22 heavy (non-hydrogen) atoms. The molecule has 1 aliphatic heterocycles. The highest BCUT2D eigenvalue weighted by atomic mass is 16.2. The van der Waals surface area contributed by atoms with Crippen LogP contribution in [0, 0.1) is 0 Å². The maximum absolute atomic E-state index is 12.5. The molecule has 3 rings (SSSR count). The average molecular weight is 294 g/mol. The van der Waals surface area contributed by atoms with Crippen LogP contribution in [0.3, 0.4) is 0 Å². The predicted octanol–water partition coefficient (Wildman–Crippen LogP) is 3.87. The van der Waals surface area contributed by atoms with E-state index in [2.05, 4.69) is 11.4 Å². The van der Waals surface area contributed by atoms with Crippen LogP contribution in [0.2, 0.25) is 0 Å². The predicted molar refractivity (Wildman–Crippen MR) is 87.6 cm³/mol. The molecule has 0 aromatic heterocycles. The van der Waals surface area contributed by atoms with E-state index >= 15 is 0 Å². The molecule has 4 heteroatoms. The summed E-state index contributed by atoms with van der Waals surface area (Å²) in [5, 5.41) is 2.89. The maximum atomic E-state index is 12.5. The number of aryl methyl sites for hydroxylation is 1. The molecule has 1 heterocycles. The Morgan fingerprint density at radius 3 is 2.50 bits per heavy atom. The highest BCUT2D eigenvalue weighted by Gasteiger charge is 2.22. The molecule has 0 atom stereocenters. The molecule has 0 saturated heterocycles. The minimum absolute atomic E-state index is 0.0165. The quantitative estimate of drug-likeness (QED) is 0.855. The molecule has 0 fully saturated rings. The van der Waals surface area contributed by atoms with Gasteiger partial charge in [-0.2, -0.15) is 0 Å². The van der Waals surface area contributed by atoms with Gasteiger partial charge in [-0.25, -0.2) is 4.79 Å². The second-order valence-corrected chi connectivity index (χ2v) is 5.45. The van der Waals surface area contributed by atoms with Crippen molar-refractivity contribution in [3.8, 4) is 0 Å². The molecule has 0 unspecified atom stereocenters. The van der Waals surface area contributed by atoms with Gasteiger partial charge in [0, 0.05) is 23.5 Å². The Morgan fingerprint density at radius 2 is 1.77 bits per heavy atom. The van der Waals surface area contributed by atoms with Crippen molar-refractivity contribution in [2.75, 3.05) is 16.8 Å². The van der Waals surface area contributed by atoms with Gasteiger partial charge in [0.2, 0.25) is 0 Å². The monoisotopic (exact) mass is 294 g/mol. The number of carbonyl (C=O) groups excluding carboxylic acids is 2. The van der Waals surface area contributed by atoms with Crippen LogP contribution >= 0.6 is 0 Å². The van der Waals surface area contributed by atoms with Crippen LogP contribution in [-0.4, -0.2) is 18.4 Å². The van der Waals surface area contributed by atoms with E-state index in [9.17, 15) is 9.59 Å². The Bertz CT molecular complexity index is 707. The summed E-state index contributed by atoms with van der Waals surface area (Å²) in [6.07, 6.45) is 1.97. The van der Waals surface area contributed by atoms with Crippen LogP contribution in [-0.2, 0) is 6.42 Å². The lowest BCUT2D eigenvalue weighted by molar-refractivity contribution is 0.101. The number of urea groups is 1. The number of hydrogen-bond acceptors (Lipinski definition) is 2. The Hall–Kier alpha value is -2.62. The number of anilines is 2. The number of hydrogen-bond donors (Lipinski definition) is 1. The highest BCUT2D eigenvalue weighted by molar-refractivity contribution is 6.03. The van der Waals surface area contributed by atoms with Gasteiger partial charge in [0.25, 0.3) is 0 Å². The van der Waals surface area contributed by atoms with Crippen LogP contribution in [0.25, 0.3) is 0 Å². The molecule has 0 spiro atoms. The van der Waals surface area contributed by atoms with Crippen molar-refractivity contribution in [3.63, 3.8) is 0 Å². The maximum Gasteiger partial charge on any atom is 0.326 e. The first-order valence-corrected chi connectivity index (χ1v) is 7.42. The molecule has 112 valence electrons. The lowest BCUT2D eigenvalue weighted by Gasteiger charge is -2.29. The fourth-order valence-electron chi connectivity index (χ4n) is 2.72. The van der Waals surface area contributed by atoms with Crippen molar-refractivity contribution < 1.29 is 9.59 Å². The number of rotatable bonds is 2. The first-order valence-electron chi connectivity index (χ1n) is 7.42. The molecule has 0 radical (unpaired) electrons. The summed E-state index contributed by atoms with van der Waals surface area (Å²) in [7, 11) is 0. The Balaban J connectivity index is 1.76. The van der Waals surface area contributed by atoms with Crippen molar-refractivity contribution in [2.45, 2.75) is 19.8 Å². The average Bonchev–Trinajstić information content (AvgIpc) is 2.54. The molecule has 2 aromatic carbocycles. The zero-order valence-corrected chi connectivity index (χ0v) is 12.5. The van der Waals surface area contributed by atoms with E-state index in [0.29, 0.717) is 17.8 Å². The second kappa shape index (κ2) is 6.02. The third-order valence-electron chi connectivity index (χ3n) is 3.90. The molecule has 4 nitrogen and oxygen atoms in total. The minimum atomic E-state index is -0.136. The standard InChI is InChI=1S/C18H18N2O2/c1-13(21)14-8-10-16(11-9-14)19-18(22)20-12-4-6-15-5-2-3-7-17(15)20/h2-3,5,7-11H,4,6,12H2,1H3,(H,19,22). The van der Waals surface area contributed by atoms with Crippen LogP contribution < -0.4 is 10.2 Å². The van der Waals surface area contributed by atoms with E-state index in [1.54, 1.807) is 29.2 Å². The SMILES string of the molecule is CC(=O)c1ccc(NC(=O)N2CCCc3ccccc32)cc1. The van der Waals surface area contributed by atoms with Gasteiger partial charge in [0.15, 0.2) is 5.78 Å². The topological polar surface area (TPSA) is 49.4 Å². The number of ketones is 1. The zero-order valence-electron chi connectivity index (χ0n) is 12.5. The van der Waals surface area contributed by atoms with E-state index in [1.807, 2.05) is 18.2 Å². The molecule has 0 aliphatic carbocycles. The van der Waals surface area contributed by atoms with Crippen molar-refractivity contribution in [3.05, 3.63) is 59.7 Å². The van der Waals surface area contributed by atoms with Crippen LogP contribution in [0.15, 0.2) is 48.5 Å². The molecule has 1 aliphatic rings. The van der Waals surface area contributed by atoms with Crippen molar-refractivity contribution >= 4 is 23.2 Å². The van der Waals surface area contributed by atoms with E-state index in [-0.39, 0.29) is 11.8 Å². The van der Waals surface area contributed by atoms with Gasteiger partial charge >= 0.3 is 6.03 Å². The summed E-state index contributed by atoms with van der Waals surface area (Å²) >= 11 is 0. The number of fused-ring (bicyclic) bond motifs is 1. The summed E-state index contributed by atoms with van der Waals surface area (Å²) in [5.74, 6) is 0.0165. The lowest BCUT2D eigenvalue weighted by atomic mass is 10.0. The Kier molecular flexibility index (Phi) is 3.92. The van der Waals surface area contributed by atoms with Crippen molar-refractivity contribution in [1.29, 1.82) is 0 Å². The van der Waals surface area contributed by atoms with Crippen LogP contribution in [0.5, 0.6) is 0 Å². The number of benzene rings is 2. The van der Waals surface area contributed by atoms with Gasteiger partial charge in [-0.3, -0.25) is 9.69 Å². The molecule has 1 N–H and O–H groups in total. The molecule has 0 bridgehead atoms. The largest absolute Gasteiger partial charge is 0.326 e. The third-order valence-corrected chi connectivity index (χ3v) is 3.90. The van der Waals surface area contributed by atoms with Crippen molar-refractivity contribution in [2.24, 2.45) is 0 Å². The van der Waals surface area contributed by atoms with Gasteiger partial charge in [0.1, 0.15) is 0 Å². The van der Waals surface area contributed by atoms with E-state index in [0.717, 1.165) is 18.5 Å². The number of nitrogens with zero attached hydrogens (tertiary/aromatic N) is 1. The molecule has 2 aromatic rings. The number of para-hydroxylation sites is 1. The first kappa shape index (κ1) is 14.3. The van der Waals surface area contributed by atoms with Crippen molar-refractivity contribution in [1.82, 2.24) is 0 Å². The lowest BCUT2D eigenvalue weighted by Crippen LogP contribution is -2.38. The number of amides is 2. The van der Waals surface area contributed by atoms with Crippen LogP contribution in [0.4, 0.5) is 16.2 Å². The summed E-state index contributed by atoms with van der Waals surface area (Å²) in [5.41, 5.74) is 3.52. The highest BCUT2D eigenvalue weighted by Crippen LogP contribution is 2.27. The van der Waals surface area contributed by atoms with Crippen LogP contribution in [0.1, 0.15) is 29.3 Å². The minimum Gasteiger partial charge on any atom is -0.308 e. The molecule has 0 saturated carbocycles. The second-order valence-electron chi connectivity index (χ2n) is 5.45. The number of nitrogens with one attached hydrogen (secondary N) is 1. The zero-order chi connectivity index (χ0) is 15.5. The van der Waals surface area contributed by atoms with Gasteiger partial charge < -0.3 is 5.32 Å². The Labute approximate surface area is 129 Å². The van der Waals surface area contributed by atoms with E-state index < -0.39 is 0 Å². The first-order chi connectivity index (χ1) is 10.6. The molecular weight excluding hydrogens is 276 g/mol. The number of carbonyl (C=O) groups is 2. The fraction of sp³-hybridized carbons (Fsp3) is 0.222. The Morgan fingerprint density at radius 1 is 1.05 bits per heavy atom. The summed E-state index contributed by atoms with van der Waals surface area (Å²) in [4.78, 5) is 25.5. The summed E-state index contributed by atoms with van der Waals surface area (Å²) in [6.45, 7) is 2.24. The molecular formula is C18H18N2O2. The summed E-state index contributed by atoms with van der Waals surface area (Å²) < 4.78 is 0. The normalized spacial score (nSPS) is 13.4. The van der Waals surface area contributed by atoms with Gasteiger partial charge in [0.05, 0.1) is 0 Å². The summed E-state index contributed by atoms with van der Waals surface area (Å²) in [6, 6.07) is 14.8. The van der Waals surface area contributed by atoms with Gasteiger partial charge in [-0.05, 0) is 55.7 Å². The molecule has 2 amide bonds. The fourth-order valence-corrected chi connectivity index (χ4v) is 2.72. The van der Waals surface area contributed by atoms with E-state index in [4.69, 9.17) is 0 Å². The van der Waals surface area contributed by atoms with Gasteiger partial charge in [-0.15, -0.1) is 0 Å².